The Kier molecular flexibility index (Phi) is 6.89. The van der Waals surface area contributed by atoms with Crippen LogP contribution in [0.2, 0.25) is 0 Å². The highest BCUT2D eigenvalue weighted by atomic mass is 79.9. The number of methoxy groups -OCH3 is 1. The van der Waals surface area contributed by atoms with Gasteiger partial charge >= 0.3 is 0 Å². The van der Waals surface area contributed by atoms with Gasteiger partial charge in [-0.15, -0.1) is 0 Å². The fourth-order valence-electron chi connectivity index (χ4n) is 8.15. The van der Waals surface area contributed by atoms with Crippen LogP contribution in [0.3, 0.4) is 0 Å². The molecular weight excluding hydrogens is 658 g/mol. The Balaban J connectivity index is 1.39. The summed E-state index contributed by atoms with van der Waals surface area (Å²) in [5.41, 5.74) is -0.0344. The van der Waals surface area contributed by atoms with E-state index in [-0.39, 0.29) is 35.7 Å². The van der Waals surface area contributed by atoms with E-state index in [2.05, 4.69) is 15.9 Å². The molecule has 2 saturated heterocycles. The number of fused-ring (bicyclic) bond motifs is 4. The molecule has 12 heteroatoms. The predicted octanol–water partition coefficient (Wildman–Crippen LogP) is 5.51. The average Bonchev–Trinajstić information content (AvgIpc) is 3.42. The highest BCUT2D eigenvalue weighted by Crippen LogP contribution is 2.65. The lowest BCUT2D eigenvalue weighted by Crippen LogP contribution is -2.49. The number of imide groups is 2. The Morgan fingerprint density at radius 2 is 1.65 bits per heavy atom. The molecule has 4 amide bonds. The van der Waals surface area contributed by atoms with Gasteiger partial charge in [0.2, 0.25) is 23.6 Å². The lowest BCUT2D eigenvalue weighted by atomic mass is 9.51. The molecule has 0 bridgehead atoms. The lowest BCUT2D eigenvalue weighted by Gasteiger charge is -2.49. The van der Waals surface area contributed by atoms with Gasteiger partial charge in [-0.2, -0.15) is 0 Å². The fraction of sp³-hybridized carbons (Fsp3) is 0.294. The van der Waals surface area contributed by atoms with Gasteiger partial charge < -0.3 is 9.84 Å². The van der Waals surface area contributed by atoms with Crippen molar-refractivity contribution >= 4 is 56.6 Å². The molecule has 3 fully saturated rings. The number of amides is 4. The van der Waals surface area contributed by atoms with E-state index in [1.54, 1.807) is 49.4 Å². The number of hydrogen-bond acceptors (Lipinski definition) is 8. The summed E-state index contributed by atoms with van der Waals surface area (Å²) in [6.45, 7) is 1.73. The van der Waals surface area contributed by atoms with Gasteiger partial charge in [0.15, 0.2) is 11.5 Å². The molecule has 3 aromatic rings. The summed E-state index contributed by atoms with van der Waals surface area (Å²) < 4.78 is 6.03. The van der Waals surface area contributed by atoms with E-state index in [4.69, 9.17) is 4.74 Å². The van der Waals surface area contributed by atoms with E-state index >= 15 is 0 Å². The van der Waals surface area contributed by atoms with Crippen molar-refractivity contribution in [3.8, 4) is 11.5 Å². The molecular formula is C34H28BrN3O8. The Morgan fingerprint density at radius 1 is 0.935 bits per heavy atom. The summed E-state index contributed by atoms with van der Waals surface area (Å²) in [5.74, 6) is -5.83. The highest BCUT2D eigenvalue weighted by molar-refractivity contribution is 9.10. The SMILES string of the molecule is COc1cc(Br)cc(C2C3=CCC4C(=O)N(c5cccc([N+](=O)[O-])c5)C(=O)C4C3CC3C(=O)N(c4ccccc4)C(=O)C32C)c1O. The van der Waals surface area contributed by atoms with Crippen LogP contribution >= 0.6 is 15.9 Å². The smallest absolute Gasteiger partial charge is 0.271 e. The number of phenolic OH excluding ortho intramolecular Hbond substituents is 1. The molecule has 11 nitrogen and oxygen atoms in total. The summed E-state index contributed by atoms with van der Waals surface area (Å²) in [6.07, 6.45) is 2.18. The van der Waals surface area contributed by atoms with Crippen molar-refractivity contribution in [1.82, 2.24) is 0 Å². The summed E-state index contributed by atoms with van der Waals surface area (Å²) in [4.78, 5) is 69.9. The molecule has 2 aliphatic heterocycles. The standard InChI is InChI=1S/C34H28BrN3O8/c1-34-25(31(41)37(33(34)43)18-7-4-3-5-8-18)16-23-21(28(34)24-13-17(35)14-26(46-2)29(24)39)11-12-22-27(23)32(42)36(30(22)40)19-9-6-10-20(15-19)38(44)45/h3-11,13-15,22-23,25,27-28,39H,12,16H2,1-2H3. The zero-order valence-corrected chi connectivity index (χ0v) is 26.3. The molecule has 6 atom stereocenters. The van der Waals surface area contributed by atoms with Crippen molar-refractivity contribution in [2.75, 3.05) is 16.9 Å². The van der Waals surface area contributed by atoms with Crippen molar-refractivity contribution < 1.29 is 33.9 Å². The van der Waals surface area contributed by atoms with Gasteiger partial charge in [-0.3, -0.25) is 29.3 Å². The molecule has 1 N–H and O–H groups in total. The average molecular weight is 687 g/mol. The first kappa shape index (κ1) is 29.8. The zero-order valence-electron chi connectivity index (χ0n) is 24.8. The summed E-state index contributed by atoms with van der Waals surface area (Å²) >= 11 is 3.49. The number of nitro benzene ring substituents is 1. The van der Waals surface area contributed by atoms with Crippen LogP contribution < -0.4 is 14.5 Å². The Labute approximate surface area is 271 Å². The zero-order chi connectivity index (χ0) is 32.7. The molecule has 6 unspecified atom stereocenters. The first-order valence-electron chi connectivity index (χ1n) is 14.8. The molecule has 1 saturated carbocycles. The first-order valence-corrected chi connectivity index (χ1v) is 15.6. The number of nitrogens with zero attached hydrogens (tertiary/aromatic N) is 3. The van der Waals surface area contributed by atoms with E-state index in [9.17, 15) is 34.4 Å². The van der Waals surface area contributed by atoms with Gasteiger partial charge in [0.05, 0.1) is 46.6 Å². The monoisotopic (exact) mass is 685 g/mol. The van der Waals surface area contributed by atoms with Gasteiger partial charge in [0.1, 0.15) is 0 Å². The number of nitro groups is 1. The van der Waals surface area contributed by atoms with Gasteiger partial charge in [-0.25, -0.2) is 9.80 Å². The van der Waals surface area contributed by atoms with Crippen molar-refractivity contribution in [1.29, 1.82) is 0 Å². The molecule has 3 aromatic carbocycles. The molecule has 7 rings (SSSR count). The molecule has 0 aromatic heterocycles. The van der Waals surface area contributed by atoms with E-state index in [1.165, 1.54) is 36.3 Å². The largest absolute Gasteiger partial charge is 0.504 e. The van der Waals surface area contributed by atoms with Crippen LogP contribution in [-0.4, -0.2) is 40.8 Å². The number of carbonyl (C=O) groups is 4. The summed E-state index contributed by atoms with van der Waals surface area (Å²) in [6, 6.07) is 17.3. The molecule has 0 spiro atoms. The van der Waals surface area contributed by atoms with E-state index in [1.807, 2.05) is 6.08 Å². The molecule has 4 aliphatic rings. The maximum absolute atomic E-state index is 14.5. The number of carbonyl (C=O) groups excluding carboxylic acids is 4. The second kappa shape index (κ2) is 10.6. The van der Waals surface area contributed by atoms with Crippen LogP contribution in [0.5, 0.6) is 11.5 Å². The number of hydrogen-bond donors (Lipinski definition) is 1. The Bertz CT molecular complexity index is 1890. The number of para-hydroxylation sites is 1. The molecule has 234 valence electrons. The number of anilines is 2. The van der Waals surface area contributed by atoms with Gasteiger partial charge in [0, 0.05) is 28.1 Å². The normalized spacial score (nSPS) is 28.5. The topological polar surface area (TPSA) is 147 Å². The third kappa shape index (κ3) is 4.08. The summed E-state index contributed by atoms with van der Waals surface area (Å²) in [7, 11) is 1.41. The van der Waals surface area contributed by atoms with Crippen LogP contribution in [0.15, 0.2) is 82.9 Å². The second-order valence-corrected chi connectivity index (χ2v) is 13.2. The fourth-order valence-corrected chi connectivity index (χ4v) is 8.61. The minimum absolute atomic E-state index is 0.106. The predicted molar refractivity (Wildman–Crippen MR) is 169 cm³/mol. The maximum atomic E-state index is 14.5. The van der Waals surface area contributed by atoms with Crippen LogP contribution in [0.1, 0.15) is 31.2 Å². The summed E-state index contributed by atoms with van der Waals surface area (Å²) in [5, 5.41) is 23.0. The third-order valence-electron chi connectivity index (χ3n) is 10.2. The molecule has 0 radical (unpaired) electrons. The minimum Gasteiger partial charge on any atom is -0.504 e. The maximum Gasteiger partial charge on any atom is 0.271 e. The number of phenols is 1. The number of halogens is 1. The number of aromatic hydroxyl groups is 1. The number of allylic oxidation sites excluding steroid dienone is 2. The minimum atomic E-state index is -1.35. The Hall–Kier alpha value is -4.84. The van der Waals surface area contributed by atoms with E-state index in [0.29, 0.717) is 21.3 Å². The van der Waals surface area contributed by atoms with Gasteiger partial charge in [0.25, 0.3) is 5.69 Å². The molecule has 2 heterocycles. The third-order valence-corrected chi connectivity index (χ3v) is 10.6. The van der Waals surface area contributed by atoms with Crippen LogP contribution in [0.25, 0.3) is 0 Å². The number of rotatable bonds is 5. The quantitative estimate of drug-likeness (QED) is 0.160. The van der Waals surface area contributed by atoms with Crippen LogP contribution in [0, 0.1) is 39.2 Å². The second-order valence-electron chi connectivity index (χ2n) is 12.3. The van der Waals surface area contributed by atoms with Gasteiger partial charge in [-0.1, -0.05) is 51.8 Å². The first-order chi connectivity index (χ1) is 22.0. The van der Waals surface area contributed by atoms with Crippen LogP contribution in [-0.2, 0) is 19.2 Å². The number of benzene rings is 3. The van der Waals surface area contributed by atoms with Crippen molar-refractivity contribution in [2.45, 2.75) is 25.7 Å². The lowest BCUT2D eigenvalue weighted by molar-refractivity contribution is -0.384. The molecule has 46 heavy (non-hydrogen) atoms. The van der Waals surface area contributed by atoms with Crippen LogP contribution in [0.4, 0.5) is 17.1 Å². The highest BCUT2D eigenvalue weighted by Gasteiger charge is 2.68. The van der Waals surface area contributed by atoms with Crippen molar-refractivity contribution in [2.24, 2.45) is 29.1 Å². The van der Waals surface area contributed by atoms with Crippen molar-refractivity contribution in [3.05, 3.63) is 98.5 Å². The number of ether oxygens (including phenoxy) is 1. The number of non-ortho nitro benzene ring substituents is 1. The molecule has 2 aliphatic carbocycles. The Morgan fingerprint density at radius 3 is 2.35 bits per heavy atom. The van der Waals surface area contributed by atoms with E-state index < -0.39 is 63.6 Å². The van der Waals surface area contributed by atoms with Crippen molar-refractivity contribution in [3.63, 3.8) is 0 Å². The van der Waals surface area contributed by atoms with Gasteiger partial charge in [-0.05, 0) is 56.0 Å². The van der Waals surface area contributed by atoms with E-state index in [0.717, 1.165) is 4.90 Å².